The first kappa shape index (κ1) is 11.6. The Morgan fingerprint density at radius 1 is 1.64 bits per heavy atom. The van der Waals surface area contributed by atoms with Gasteiger partial charge in [0.25, 0.3) is 0 Å². The van der Waals surface area contributed by atoms with Gasteiger partial charge in [-0.25, -0.2) is 0 Å². The molecule has 2 N–H and O–H groups in total. The summed E-state index contributed by atoms with van der Waals surface area (Å²) in [6, 6.07) is 0. The van der Waals surface area contributed by atoms with Crippen molar-refractivity contribution >= 4 is 34.1 Å². The molecule has 80 valence electrons. The predicted octanol–water partition coefficient (Wildman–Crippen LogP) is 1.53. The molecule has 1 aromatic heterocycles. The highest BCUT2D eigenvalue weighted by molar-refractivity contribution is 7.99. The number of anilines is 2. The van der Waals surface area contributed by atoms with Crippen LogP contribution in [0.1, 0.15) is 0 Å². The molecule has 0 unspecified atom stereocenters. The Morgan fingerprint density at radius 3 is 2.93 bits per heavy atom. The number of nitrogens with zero attached hydrogens (tertiary/aromatic N) is 2. The van der Waals surface area contributed by atoms with E-state index >= 15 is 0 Å². The molecule has 0 aliphatic carbocycles. The molecule has 0 aromatic carbocycles. The fourth-order valence-corrected chi connectivity index (χ4v) is 2.75. The summed E-state index contributed by atoms with van der Waals surface area (Å²) in [5, 5.41) is 1.12. The molecule has 1 aromatic rings. The van der Waals surface area contributed by atoms with Crippen LogP contribution in [0.3, 0.4) is 0 Å². The van der Waals surface area contributed by atoms with E-state index in [1.54, 1.807) is 18.9 Å². The maximum atomic E-state index is 5.74. The van der Waals surface area contributed by atoms with Crippen molar-refractivity contribution < 1.29 is 4.74 Å². The van der Waals surface area contributed by atoms with Crippen LogP contribution in [0, 0.1) is 0 Å². The third-order valence-electron chi connectivity index (χ3n) is 1.84. The highest BCUT2D eigenvalue weighted by atomic mass is 32.2. The second-order valence-corrected chi connectivity index (χ2v) is 4.39. The van der Waals surface area contributed by atoms with E-state index in [4.69, 9.17) is 10.5 Å². The fraction of sp³-hybridized carbons (Fsp3) is 0.625. The third-order valence-corrected chi connectivity index (χ3v) is 3.76. The molecule has 0 amide bonds. The van der Waals surface area contributed by atoms with Gasteiger partial charge in [-0.2, -0.15) is 4.37 Å². The molecule has 0 aliphatic rings. The Hall–Kier alpha value is -0.460. The molecule has 0 fully saturated rings. The van der Waals surface area contributed by atoms with Crippen LogP contribution in [0.2, 0.25) is 0 Å². The van der Waals surface area contributed by atoms with E-state index in [0.717, 1.165) is 16.4 Å². The van der Waals surface area contributed by atoms with Crippen LogP contribution >= 0.6 is 23.3 Å². The lowest BCUT2D eigenvalue weighted by molar-refractivity contribution is 0.206. The Balaban J connectivity index is 2.73. The minimum atomic E-state index is 0.627. The number of ether oxygens (including phenoxy) is 1. The number of nitrogen functional groups attached to an aromatic ring is 1. The molecular weight excluding hydrogens is 218 g/mol. The molecule has 0 spiro atoms. The molecule has 0 saturated carbocycles. The van der Waals surface area contributed by atoms with Gasteiger partial charge in [0.2, 0.25) is 0 Å². The number of methoxy groups -OCH3 is 1. The van der Waals surface area contributed by atoms with Gasteiger partial charge in [0.05, 0.1) is 11.5 Å². The second-order valence-electron chi connectivity index (χ2n) is 2.82. The summed E-state index contributed by atoms with van der Waals surface area (Å²) in [4.78, 5) is 3.18. The first-order chi connectivity index (χ1) is 6.70. The van der Waals surface area contributed by atoms with Crippen molar-refractivity contribution in [2.45, 2.75) is 4.90 Å². The quantitative estimate of drug-likeness (QED) is 0.782. The van der Waals surface area contributed by atoms with E-state index in [2.05, 4.69) is 9.27 Å². The van der Waals surface area contributed by atoms with Gasteiger partial charge in [0.15, 0.2) is 5.82 Å². The van der Waals surface area contributed by atoms with Crippen molar-refractivity contribution in [2.75, 3.05) is 44.2 Å². The molecular formula is C8H15N3OS2. The van der Waals surface area contributed by atoms with Crippen LogP contribution in [0.5, 0.6) is 0 Å². The van der Waals surface area contributed by atoms with Crippen molar-refractivity contribution in [2.24, 2.45) is 0 Å². The number of hydrogen-bond donors (Lipinski definition) is 1. The largest absolute Gasteiger partial charge is 0.383 e. The maximum Gasteiger partial charge on any atom is 0.153 e. The highest BCUT2D eigenvalue weighted by Gasteiger charge is 2.13. The van der Waals surface area contributed by atoms with E-state index in [0.29, 0.717) is 12.4 Å². The van der Waals surface area contributed by atoms with Gasteiger partial charge >= 0.3 is 0 Å². The van der Waals surface area contributed by atoms with Crippen LogP contribution in [0.15, 0.2) is 4.90 Å². The zero-order valence-corrected chi connectivity index (χ0v) is 10.2. The fourth-order valence-electron chi connectivity index (χ4n) is 1.05. The van der Waals surface area contributed by atoms with Crippen molar-refractivity contribution in [3.05, 3.63) is 0 Å². The van der Waals surface area contributed by atoms with Crippen molar-refractivity contribution in [3.8, 4) is 0 Å². The summed E-state index contributed by atoms with van der Waals surface area (Å²) in [5.74, 6) is 0.627. The van der Waals surface area contributed by atoms with Crippen molar-refractivity contribution in [3.63, 3.8) is 0 Å². The first-order valence-electron chi connectivity index (χ1n) is 4.20. The molecule has 0 radical (unpaired) electrons. The molecule has 0 bridgehead atoms. The summed E-state index contributed by atoms with van der Waals surface area (Å²) in [7, 11) is 3.72. The van der Waals surface area contributed by atoms with E-state index < -0.39 is 0 Å². The van der Waals surface area contributed by atoms with Gasteiger partial charge in [0.1, 0.15) is 5.00 Å². The lowest BCUT2D eigenvalue weighted by Crippen LogP contribution is -2.21. The zero-order chi connectivity index (χ0) is 10.6. The van der Waals surface area contributed by atoms with Crippen LogP contribution in [-0.2, 0) is 4.74 Å². The van der Waals surface area contributed by atoms with Crippen LogP contribution < -0.4 is 10.6 Å². The smallest absolute Gasteiger partial charge is 0.153 e. The molecule has 0 saturated heterocycles. The Bertz CT molecular complexity index is 290. The van der Waals surface area contributed by atoms with Gasteiger partial charge in [-0.3, -0.25) is 0 Å². The topological polar surface area (TPSA) is 51.4 Å². The van der Waals surface area contributed by atoms with Crippen molar-refractivity contribution in [1.82, 2.24) is 4.37 Å². The molecule has 1 heterocycles. The Kier molecular flexibility index (Phi) is 4.50. The molecule has 6 heteroatoms. The van der Waals surface area contributed by atoms with E-state index in [1.165, 1.54) is 11.5 Å². The number of thioether (sulfide) groups is 1. The monoisotopic (exact) mass is 233 g/mol. The Morgan fingerprint density at radius 2 is 2.36 bits per heavy atom. The number of hydrogen-bond acceptors (Lipinski definition) is 6. The molecule has 14 heavy (non-hydrogen) atoms. The van der Waals surface area contributed by atoms with E-state index in [9.17, 15) is 0 Å². The molecule has 4 nitrogen and oxygen atoms in total. The van der Waals surface area contributed by atoms with E-state index in [-0.39, 0.29) is 0 Å². The summed E-state index contributed by atoms with van der Waals surface area (Å²) < 4.78 is 9.15. The van der Waals surface area contributed by atoms with Gasteiger partial charge in [-0.15, -0.1) is 11.8 Å². The summed E-state index contributed by atoms with van der Waals surface area (Å²) in [5.41, 5.74) is 5.74. The van der Waals surface area contributed by atoms with Crippen LogP contribution in [-0.4, -0.2) is 37.9 Å². The lowest BCUT2D eigenvalue weighted by atomic mass is 10.5. The molecule has 0 atom stereocenters. The average molecular weight is 233 g/mol. The maximum absolute atomic E-state index is 5.74. The molecule has 1 rings (SSSR count). The lowest BCUT2D eigenvalue weighted by Gasteiger charge is -2.17. The summed E-state index contributed by atoms with van der Waals surface area (Å²) in [6.45, 7) is 1.56. The average Bonchev–Trinajstić information content (AvgIpc) is 2.55. The second kappa shape index (κ2) is 5.43. The normalized spacial score (nSPS) is 10.5. The van der Waals surface area contributed by atoms with Gasteiger partial charge in [-0.1, -0.05) is 0 Å². The summed E-state index contributed by atoms with van der Waals surface area (Å²) in [6.07, 6.45) is 2.01. The third kappa shape index (κ3) is 2.52. The SMILES string of the molecule is COCCN(C)c1snc(N)c1SC. The zero-order valence-electron chi connectivity index (χ0n) is 8.61. The molecule has 0 aliphatic heterocycles. The minimum absolute atomic E-state index is 0.627. The first-order valence-corrected chi connectivity index (χ1v) is 6.19. The number of likely N-dealkylation sites (N-methyl/N-ethyl adjacent to an activating group) is 1. The number of rotatable bonds is 5. The van der Waals surface area contributed by atoms with Crippen LogP contribution in [0.4, 0.5) is 10.8 Å². The van der Waals surface area contributed by atoms with E-state index in [1.807, 2.05) is 13.3 Å². The predicted molar refractivity (Wildman–Crippen MR) is 63.5 cm³/mol. The highest BCUT2D eigenvalue weighted by Crippen LogP contribution is 2.36. The number of nitrogens with two attached hydrogens (primary N) is 1. The van der Waals surface area contributed by atoms with Gasteiger partial charge in [0, 0.05) is 20.7 Å². The standard InChI is InChI=1S/C8H15N3OS2/c1-11(4-5-12-2)8-6(13-3)7(9)10-14-8/h4-5H2,1-3H3,(H2,9,10). The Labute approximate surface area is 92.6 Å². The van der Waals surface area contributed by atoms with Gasteiger partial charge in [-0.05, 0) is 17.8 Å². The van der Waals surface area contributed by atoms with Crippen LogP contribution in [0.25, 0.3) is 0 Å². The van der Waals surface area contributed by atoms with Gasteiger partial charge < -0.3 is 15.4 Å². The summed E-state index contributed by atoms with van der Waals surface area (Å²) >= 11 is 3.06. The minimum Gasteiger partial charge on any atom is -0.383 e. The van der Waals surface area contributed by atoms with Crippen molar-refractivity contribution in [1.29, 1.82) is 0 Å². The number of aromatic nitrogens is 1.